The summed E-state index contributed by atoms with van der Waals surface area (Å²) in [5.41, 5.74) is 0. The van der Waals surface area contributed by atoms with Crippen LogP contribution in [0.2, 0.25) is 0 Å². The van der Waals surface area contributed by atoms with Gasteiger partial charge in [-0.3, -0.25) is 4.90 Å². The van der Waals surface area contributed by atoms with E-state index in [0.29, 0.717) is 5.92 Å². The van der Waals surface area contributed by atoms with Crippen LogP contribution in [0, 0.1) is 11.8 Å². The minimum atomic E-state index is 0.606. The van der Waals surface area contributed by atoms with Crippen LogP contribution < -0.4 is 5.32 Å². The second-order valence-electron chi connectivity index (χ2n) is 6.68. The molecule has 0 bridgehead atoms. The third-order valence-corrected chi connectivity index (χ3v) is 4.11. The van der Waals surface area contributed by atoms with Crippen molar-refractivity contribution in [1.82, 2.24) is 25.0 Å². The van der Waals surface area contributed by atoms with Crippen LogP contribution in [0.3, 0.4) is 0 Å². The van der Waals surface area contributed by atoms with Crippen molar-refractivity contribution in [3.63, 3.8) is 0 Å². The molecule has 0 aliphatic carbocycles. The predicted molar refractivity (Wildman–Crippen MR) is 86.0 cm³/mol. The summed E-state index contributed by atoms with van der Waals surface area (Å²) in [6.45, 7) is 13.3. The van der Waals surface area contributed by atoms with Gasteiger partial charge in [0.2, 0.25) is 0 Å². The summed E-state index contributed by atoms with van der Waals surface area (Å²) < 4.78 is 2.08. The van der Waals surface area contributed by atoms with Crippen LogP contribution in [0.15, 0.2) is 6.33 Å². The Morgan fingerprint density at radius 2 is 2.14 bits per heavy atom. The topological polar surface area (TPSA) is 46.0 Å². The summed E-state index contributed by atoms with van der Waals surface area (Å²) in [6.07, 6.45) is 5.51. The Labute approximate surface area is 129 Å². The van der Waals surface area contributed by atoms with Crippen LogP contribution in [0.4, 0.5) is 0 Å². The first-order chi connectivity index (χ1) is 10.2. The van der Waals surface area contributed by atoms with Crippen LogP contribution in [0.1, 0.15) is 45.9 Å². The molecular formula is C16H31N5. The molecule has 1 aliphatic heterocycles. The third-order valence-electron chi connectivity index (χ3n) is 4.11. The van der Waals surface area contributed by atoms with E-state index in [2.05, 4.69) is 45.8 Å². The molecule has 0 spiro atoms. The molecule has 0 unspecified atom stereocenters. The van der Waals surface area contributed by atoms with Gasteiger partial charge in [0.25, 0.3) is 0 Å². The molecule has 0 aromatic carbocycles. The molecule has 1 fully saturated rings. The van der Waals surface area contributed by atoms with Crippen molar-refractivity contribution in [2.45, 2.75) is 53.1 Å². The van der Waals surface area contributed by atoms with E-state index in [0.717, 1.165) is 31.4 Å². The fourth-order valence-electron chi connectivity index (χ4n) is 3.09. The zero-order chi connectivity index (χ0) is 15.1. The van der Waals surface area contributed by atoms with Crippen molar-refractivity contribution in [3.8, 4) is 0 Å². The first kappa shape index (κ1) is 16.4. The fraction of sp³-hybridized carbons (Fsp3) is 0.875. The summed E-state index contributed by atoms with van der Waals surface area (Å²) in [5, 5.41) is 7.84. The average molecular weight is 293 g/mol. The van der Waals surface area contributed by atoms with E-state index in [4.69, 9.17) is 0 Å². The van der Waals surface area contributed by atoms with Gasteiger partial charge in [-0.1, -0.05) is 20.8 Å². The maximum Gasteiger partial charge on any atom is 0.141 e. The highest BCUT2D eigenvalue weighted by Gasteiger charge is 2.18. The minimum Gasteiger partial charge on any atom is -0.317 e. The molecule has 0 saturated carbocycles. The number of nitrogens with one attached hydrogen (secondary N) is 1. The van der Waals surface area contributed by atoms with Gasteiger partial charge in [-0.05, 0) is 50.7 Å². The summed E-state index contributed by atoms with van der Waals surface area (Å²) in [4.78, 5) is 7.05. The van der Waals surface area contributed by atoms with Gasteiger partial charge < -0.3 is 5.32 Å². The highest BCUT2D eigenvalue weighted by Crippen LogP contribution is 2.15. The van der Waals surface area contributed by atoms with Gasteiger partial charge >= 0.3 is 0 Å². The molecule has 21 heavy (non-hydrogen) atoms. The smallest absolute Gasteiger partial charge is 0.141 e. The molecule has 0 atom stereocenters. The van der Waals surface area contributed by atoms with Crippen molar-refractivity contribution in [3.05, 3.63) is 12.2 Å². The molecule has 1 N–H and O–H groups in total. The predicted octanol–water partition coefficient (Wildman–Crippen LogP) is 2.15. The molecule has 2 heterocycles. The number of hydrogen-bond acceptors (Lipinski definition) is 4. The summed E-state index contributed by atoms with van der Waals surface area (Å²) in [5.74, 6) is 2.56. The maximum absolute atomic E-state index is 4.48. The highest BCUT2D eigenvalue weighted by atomic mass is 15.3. The Balaban J connectivity index is 1.93. The van der Waals surface area contributed by atoms with E-state index in [1.54, 1.807) is 6.33 Å². The lowest BCUT2D eigenvalue weighted by Gasteiger charge is -2.29. The molecule has 2 rings (SSSR count). The Bertz CT molecular complexity index is 395. The molecule has 0 radical (unpaired) electrons. The van der Waals surface area contributed by atoms with Crippen LogP contribution in [-0.4, -0.2) is 45.8 Å². The van der Waals surface area contributed by atoms with Crippen molar-refractivity contribution in [2.75, 3.05) is 26.2 Å². The summed E-state index contributed by atoms with van der Waals surface area (Å²) in [7, 11) is 0. The zero-order valence-electron chi connectivity index (χ0n) is 13.9. The Morgan fingerprint density at radius 3 is 2.81 bits per heavy atom. The number of aromatic nitrogens is 3. The van der Waals surface area contributed by atoms with Crippen LogP contribution in [0.5, 0.6) is 0 Å². The Hall–Kier alpha value is -0.940. The maximum atomic E-state index is 4.48. The second kappa shape index (κ2) is 8.49. The van der Waals surface area contributed by atoms with Crippen molar-refractivity contribution in [2.24, 2.45) is 11.8 Å². The van der Waals surface area contributed by atoms with E-state index in [1.165, 1.54) is 38.9 Å². The molecule has 5 nitrogen and oxygen atoms in total. The molecular weight excluding hydrogens is 262 g/mol. The lowest BCUT2D eigenvalue weighted by Crippen LogP contribution is -2.36. The molecule has 1 aliphatic rings. The number of piperidine rings is 1. The lowest BCUT2D eigenvalue weighted by molar-refractivity contribution is 0.191. The van der Waals surface area contributed by atoms with E-state index in [9.17, 15) is 0 Å². The standard InChI is InChI=1S/C16H31N5/c1-4-9-20(11-15-5-7-17-8-6-15)12-16-18-13-19-21(16)10-14(2)3/h13-15,17H,4-12H2,1-3H3. The third kappa shape index (κ3) is 5.40. The highest BCUT2D eigenvalue weighted by molar-refractivity contribution is 4.86. The number of nitrogens with zero attached hydrogens (tertiary/aromatic N) is 4. The van der Waals surface area contributed by atoms with E-state index >= 15 is 0 Å². The summed E-state index contributed by atoms with van der Waals surface area (Å²) in [6, 6.07) is 0. The molecule has 1 aromatic heterocycles. The van der Waals surface area contributed by atoms with Crippen molar-refractivity contribution in [1.29, 1.82) is 0 Å². The SMILES string of the molecule is CCCN(Cc1ncnn1CC(C)C)CC1CCNCC1. The van der Waals surface area contributed by atoms with Gasteiger partial charge in [-0.25, -0.2) is 9.67 Å². The quantitative estimate of drug-likeness (QED) is 0.798. The van der Waals surface area contributed by atoms with Gasteiger partial charge in [0, 0.05) is 13.1 Å². The number of rotatable bonds is 8. The monoisotopic (exact) mass is 293 g/mol. The zero-order valence-corrected chi connectivity index (χ0v) is 13.9. The molecule has 5 heteroatoms. The fourth-order valence-corrected chi connectivity index (χ4v) is 3.09. The molecule has 0 amide bonds. The summed E-state index contributed by atoms with van der Waals surface area (Å²) >= 11 is 0. The molecule has 1 aromatic rings. The van der Waals surface area contributed by atoms with Gasteiger partial charge in [0.1, 0.15) is 12.2 Å². The Kier molecular flexibility index (Phi) is 6.64. The first-order valence-corrected chi connectivity index (χ1v) is 8.48. The van der Waals surface area contributed by atoms with Crippen molar-refractivity contribution >= 4 is 0 Å². The molecule has 120 valence electrons. The van der Waals surface area contributed by atoms with Crippen LogP contribution in [0.25, 0.3) is 0 Å². The van der Waals surface area contributed by atoms with Crippen LogP contribution in [-0.2, 0) is 13.1 Å². The van der Waals surface area contributed by atoms with Gasteiger partial charge in [0.05, 0.1) is 6.54 Å². The second-order valence-corrected chi connectivity index (χ2v) is 6.68. The molecule has 1 saturated heterocycles. The van der Waals surface area contributed by atoms with E-state index in [1.807, 2.05) is 0 Å². The minimum absolute atomic E-state index is 0.606. The normalized spacial score (nSPS) is 17.0. The van der Waals surface area contributed by atoms with Gasteiger partial charge in [0.15, 0.2) is 0 Å². The van der Waals surface area contributed by atoms with E-state index in [-0.39, 0.29) is 0 Å². The largest absolute Gasteiger partial charge is 0.317 e. The average Bonchev–Trinajstić information content (AvgIpc) is 2.86. The number of hydrogen-bond donors (Lipinski definition) is 1. The van der Waals surface area contributed by atoms with Crippen molar-refractivity contribution < 1.29 is 0 Å². The van der Waals surface area contributed by atoms with Gasteiger partial charge in [-0.15, -0.1) is 0 Å². The lowest BCUT2D eigenvalue weighted by atomic mass is 9.97. The van der Waals surface area contributed by atoms with E-state index < -0.39 is 0 Å². The first-order valence-electron chi connectivity index (χ1n) is 8.48. The van der Waals surface area contributed by atoms with Gasteiger partial charge in [-0.2, -0.15) is 5.10 Å². The Morgan fingerprint density at radius 1 is 1.38 bits per heavy atom. The van der Waals surface area contributed by atoms with Crippen LogP contribution >= 0.6 is 0 Å².